The Bertz CT molecular complexity index is 1050. The number of hydrogen-bond donors (Lipinski definition) is 3. The average Bonchev–Trinajstić information content (AvgIpc) is 3.44. The maximum atomic E-state index is 12.6. The summed E-state index contributed by atoms with van der Waals surface area (Å²) in [4.78, 5) is 40.9. The summed E-state index contributed by atoms with van der Waals surface area (Å²) >= 11 is 6.01. The van der Waals surface area contributed by atoms with Crippen LogP contribution in [0.4, 0.5) is 10.5 Å². The SMILES string of the molecule is COC(=O)Nc1cc(Cl)ccc1-c1cc(=O)n(CC(=O)NC2(C=N)CC2)c(C)n1. The van der Waals surface area contributed by atoms with Crippen molar-refractivity contribution in [2.24, 2.45) is 0 Å². The van der Waals surface area contributed by atoms with E-state index < -0.39 is 17.2 Å². The van der Waals surface area contributed by atoms with E-state index in [2.05, 4.69) is 20.4 Å². The maximum absolute atomic E-state index is 12.6. The van der Waals surface area contributed by atoms with E-state index in [1.807, 2.05) is 0 Å². The second kappa shape index (κ2) is 8.04. The van der Waals surface area contributed by atoms with E-state index >= 15 is 0 Å². The number of methoxy groups -OCH3 is 1. The summed E-state index contributed by atoms with van der Waals surface area (Å²) in [6.45, 7) is 1.42. The molecule has 152 valence electrons. The van der Waals surface area contributed by atoms with E-state index in [0.717, 1.165) is 12.8 Å². The lowest BCUT2D eigenvalue weighted by Crippen LogP contribution is -2.41. The number of nitrogens with one attached hydrogen (secondary N) is 3. The first-order valence-corrected chi connectivity index (χ1v) is 9.21. The lowest BCUT2D eigenvalue weighted by atomic mass is 10.1. The standard InChI is InChI=1S/C19H20ClN5O4/c1-11-22-15(13-4-3-12(20)7-14(13)23-18(28)29-2)8-17(27)25(11)9-16(26)24-19(10-21)5-6-19/h3-4,7-8,10,21H,5-6,9H2,1-2H3,(H,23,28)(H,24,26). The highest BCUT2D eigenvalue weighted by Gasteiger charge is 2.42. The van der Waals surface area contributed by atoms with Crippen molar-refractivity contribution in [2.75, 3.05) is 12.4 Å². The number of nitrogens with zero attached hydrogens (tertiary/aromatic N) is 2. The number of rotatable bonds is 6. The summed E-state index contributed by atoms with van der Waals surface area (Å²) in [6.07, 6.45) is 1.98. The van der Waals surface area contributed by atoms with Crippen LogP contribution in [-0.4, -0.2) is 40.4 Å². The van der Waals surface area contributed by atoms with Crippen LogP contribution >= 0.6 is 11.6 Å². The molecule has 1 heterocycles. The Kier molecular flexibility index (Phi) is 5.69. The number of ether oxygens (including phenoxy) is 1. The quantitative estimate of drug-likeness (QED) is 0.622. The van der Waals surface area contributed by atoms with Gasteiger partial charge in [0.15, 0.2) is 0 Å². The lowest BCUT2D eigenvalue weighted by Gasteiger charge is -2.15. The molecule has 9 nitrogen and oxygen atoms in total. The van der Waals surface area contributed by atoms with Crippen LogP contribution in [0, 0.1) is 12.3 Å². The van der Waals surface area contributed by atoms with Crippen molar-refractivity contribution in [1.82, 2.24) is 14.9 Å². The van der Waals surface area contributed by atoms with Gasteiger partial charge in [0.25, 0.3) is 5.56 Å². The van der Waals surface area contributed by atoms with Gasteiger partial charge in [0.1, 0.15) is 12.4 Å². The van der Waals surface area contributed by atoms with Crippen molar-refractivity contribution < 1.29 is 14.3 Å². The zero-order valence-electron chi connectivity index (χ0n) is 15.9. The lowest BCUT2D eigenvalue weighted by molar-refractivity contribution is -0.122. The number of anilines is 1. The van der Waals surface area contributed by atoms with Crippen LogP contribution in [0.3, 0.4) is 0 Å². The van der Waals surface area contributed by atoms with Crippen molar-refractivity contribution in [3.05, 3.63) is 45.5 Å². The molecule has 1 aromatic heterocycles. The molecule has 0 spiro atoms. The maximum Gasteiger partial charge on any atom is 0.411 e. The van der Waals surface area contributed by atoms with Gasteiger partial charge >= 0.3 is 6.09 Å². The van der Waals surface area contributed by atoms with Crippen LogP contribution in [0.15, 0.2) is 29.1 Å². The summed E-state index contributed by atoms with van der Waals surface area (Å²) in [6, 6.07) is 6.06. The van der Waals surface area contributed by atoms with E-state index in [9.17, 15) is 14.4 Å². The zero-order chi connectivity index (χ0) is 21.2. The Hall–Kier alpha value is -3.20. The highest BCUT2D eigenvalue weighted by molar-refractivity contribution is 6.31. The number of carbonyl (C=O) groups is 2. The minimum atomic E-state index is -0.685. The molecule has 10 heteroatoms. The molecule has 0 saturated heterocycles. The molecular formula is C19H20ClN5O4. The molecule has 0 bridgehead atoms. The van der Waals surface area contributed by atoms with Gasteiger partial charge in [-0.05, 0) is 38.0 Å². The highest BCUT2D eigenvalue weighted by atomic mass is 35.5. The molecule has 0 atom stereocenters. The van der Waals surface area contributed by atoms with E-state index in [4.69, 9.17) is 17.0 Å². The van der Waals surface area contributed by atoms with E-state index in [-0.39, 0.29) is 12.5 Å². The Labute approximate surface area is 171 Å². The van der Waals surface area contributed by atoms with Crippen LogP contribution in [0.25, 0.3) is 11.3 Å². The third kappa shape index (κ3) is 4.62. The molecule has 1 saturated carbocycles. The number of halogens is 1. The number of hydrogen-bond acceptors (Lipinski definition) is 6. The fraction of sp³-hybridized carbons (Fsp3) is 0.316. The Morgan fingerprint density at radius 1 is 1.38 bits per heavy atom. The predicted molar refractivity (Wildman–Crippen MR) is 109 cm³/mol. The number of aromatic nitrogens is 2. The largest absolute Gasteiger partial charge is 0.453 e. The van der Waals surface area contributed by atoms with Gasteiger partial charge in [0, 0.05) is 22.9 Å². The topological polar surface area (TPSA) is 126 Å². The summed E-state index contributed by atoms with van der Waals surface area (Å²) in [7, 11) is 1.23. The normalized spacial score (nSPS) is 14.0. The fourth-order valence-electron chi connectivity index (χ4n) is 2.86. The predicted octanol–water partition coefficient (Wildman–Crippen LogP) is 2.35. The molecule has 0 radical (unpaired) electrons. The average molecular weight is 418 g/mol. The number of aryl methyl sites for hydroxylation is 1. The smallest absolute Gasteiger partial charge is 0.411 e. The Morgan fingerprint density at radius 2 is 2.10 bits per heavy atom. The summed E-state index contributed by atoms with van der Waals surface area (Å²) in [5.74, 6) is -0.0217. The number of carbonyl (C=O) groups excluding carboxylic acids is 2. The van der Waals surface area contributed by atoms with Gasteiger partial charge in [0.2, 0.25) is 5.91 Å². The molecule has 3 rings (SSSR count). The van der Waals surface area contributed by atoms with Gasteiger partial charge in [-0.3, -0.25) is 19.5 Å². The molecule has 1 aliphatic rings. The van der Waals surface area contributed by atoms with Gasteiger partial charge in [0.05, 0.1) is 24.0 Å². The summed E-state index contributed by atoms with van der Waals surface area (Å²) < 4.78 is 5.86. The zero-order valence-corrected chi connectivity index (χ0v) is 16.7. The third-order valence-corrected chi connectivity index (χ3v) is 4.87. The molecule has 0 unspecified atom stereocenters. The van der Waals surface area contributed by atoms with Crippen molar-refractivity contribution in [3.8, 4) is 11.3 Å². The summed E-state index contributed by atoms with van der Waals surface area (Å²) in [5.41, 5.74) is 0.163. The molecule has 2 aromatic rings. The molecule has 3 N–H and O–H groups in total. The molecule has 2 amide bonds. The first-order chi connectivity index (χ1) is 13.8. The molecule has 1 aliphatic carbocycles. The van der Waals surface area contributed by atoms with Crippen LogP contribution in [-0.2, 0) is 16.1 Å². The van der Waals surface area contributed by atoms with Crippen LogP contribution in [0.2, 0.25) is 5.02 Å². The number of benzene rings is 1. The molecule has 1 aromatic carbocycles. The van der Waals surface area contributed by atoms with Gasteiger partial charge in [-0.2, -0.15) is 0 Å². The van der Waals surface area contributed by atoms with Crippen LogP contribution < -0.4 is 16.2 Å². The van der Waals surface area contributed by atoms with E-state index in [1.54, 1.807) is 19.1 Å². The van der Waals surface area contributed by atoms with Crippen molar-refractivity contribution in [1.29, 1.82) is 5.41 Å². The molecule has 0 aliphatic heterocycles. The number of amides is 2. The third-order valence-electron chi connectivity index (χ3n) is 4.63. The molecule has 1 fully saturated rings. The first-order valence-electron chi connectivity index (χ1n) is 8.83. The van der Waals surface area contributed by atoms with Crippen molar-refractivity contribution in [3.63, 3.8) is 0 Å². The minimum absolute atomic E-state index is 0.193. The van der Waals surface area contributed by atoms with Crippen molar-refractivity contribution >= 4 is 35.5 Å². The monoisotopic (exact) mass is 417 g/mol. The Balaban J connectivity index is 1.90. The van der Waals surface area contributed by atoms with Gasteiger partial charge in [-0.1, -0.05) is 11.6 Å². The van der Waals surface area contributed by atoms with Crippen LogP contribution in [0.1, 0.15) is 18.7 Å². The second-order valence-corrected chi connectivity index (χ2v) is 7.20. The Morgan fingerprint density at radius 3 is 2.69 bits per heavy atom. The fourth-order valence-corrected chi connectivity index (χ4v) is 3.03. The van der Waals surface area contributed by atoms with Gasteiger partial charge in [-0.15, -0.1) is 0 Å². The summed E-state index contributed by atoms with van der Waals surface area (Å²) in [5, 5.41) is 13.1. The molecule has 29 heavy (non-hydrogen) atoms. The van der Waals surface area contributed by atoms with Crippen LogP contribution in [0.5, 0.6) is 0 Å². The van der Waals surface area contributed by atoms with Gasteiger partial charge in [-0.25, -0.2) is 9.78 Å². The van der Waals surface area contributed by atoms with E-state index in [1.165, 1.54) is 30.0 Å². The van der Waals surface area contributed by atoms with Crippen molar-refractivity contribution in [2.45, 2.75) is 31.8 Å². The molecular weight excluding hydrogens is 398 g/mol. The van der Waals surface area contributed by atoms with Gasteiger partial charge < -0.3 is 15.5 Å². The second-order valence-electron chi connectivity index (χ2n) is 6.77. The minimum Gasteiger partial charge on any atom is -0.453 e. The van der Waals surface area contributed by atoms with E-state index in [0.29, 0.717) is 27.8 Å². The highest BCUT2D eigenvalue weighted by Crippen LogP contribution is 2.33. The first kappa shape index (κ1) is 20.5.